The smallest absolute Gasteiger partial charge is 0.262 e. The molecule has 0 aliphatic rings. The lowest BCUT2D eigenvalue weighted by Gasteiger charge is -2.08. The first kappa shape index (κ1) is 12.4. The third-order valence-corrected chi connectivity index (χ3v) is 2.67. The quantitative estimate of drug-likeness (QED) is 0.874. The molecule has 2 aromatic rings. The van der Waals surface area contributed by atoms with Crippen molar-refractivity contribution < 1.29 is 14.3 Å². The van der Waals surface area contributed by atoms with E-state index in [1.54, 1.807) is 24.3 Å². The summed E-state index contributed by atoms with van der Waals surface area (Å²) in [5.74, 6) is -1.96. The molecule has 0 aromatic heterocycles. The lowest BCUT2D eigenvalue weighted by molar-refractivity contribution is 0.102. The zero-order valence-electron chi connectivity index (χ0n) is 9.15. The molecule has 0 radical (unpaired) electrons. The third-order valence-electron chi connectivity index (χ3n) is 2.34. The fraction of sp³-hybridized carbons (Fsp3) is 0. The Balaban J connectivity index is 2.31. The van der Waals surface area contributed by atoms with Crippen molar-refractivity contribution in [2.24, 2.45) is 0 Å². The minimum absolute atomic E-state index is 0.335. The fourth-order valence-corrected chi connectivity index (χ4v) is 1.67. The molecule has 3 nitrogen and oxygen atoms in total. The standard InChI is InChI=1S/C13H9ClFNO2/c14-8-4-1-2-6-10(8)16-13(18)12-9(15)5-3-7-11(12)17/h1-7,17H,(H,16,18). The third kappa shape index (κ3) is 2.43. The number of carbonyl (C=O) groups is 1. The number of hydrogen-bond donors (Lipinski definition) is 2. The van der Waals surface area contributed by atoms with E-state index in [0.717, 1.165) is 6.07 Å². The molecule has 0 aliphatic heterocycles. The number of rotatable bonds is 2. The molecule has 1 amide bonds. The minimum Gasteiger partial charge on any atom is -0.507 e. The van der Waals surface area contributed by atoms with Gasteiger partial charge in [0.05, 0.1) is 10.7 Å². The summed E-state index contributed by atoms with van der Waals surface area (Å²) in [7, 11) is 0. The molecule has 0 fully saturated rings. The first-order valence-corrected chi connectivity index (χ1v) is 5.51. The van der Waals surface area contributed by atoms with Gasteiger partial charge in [-0.3, -0.25) is 4.79 Å². The van der Waals surface area contributed by atoms with Gasteiger partial charge in [0, 0.05) is 0 Å². The highest BCUT2D eigenvalue weighted by atomic mass is 35.5. The topological polar surface area (TPSA) is 49.3 Å². The van der Waals surface area contributed by atoms with Crippen LogP contribution in [-0.4, -0.2) is 11.0 Å². The summed E-state index contributed by atoms with van der Waals surface area (Å²) in [6, 6.07) is 10.2. The number of carbonyl (C=O) groups excluding carboxylic acids is 1. The Kier molecular flexibility index (Phi) is 3.48. The van der Waals surface area contributed by atoms with Crippen LogP contribution in [0, 0.1) is 5.82 Å². The van der Waals surface area contributed by atoms with E-state index in [9.17, 15) is 14.3 Å². The van der Waals surface area contributed by atoms with Crippen molar-refractivity contribution in [2.75, 3.05) is 5.32 Å². The Labute approximate surface area is 108 Å². The van der Waals surface area contributed by atoms with E-state index < -0.39 is 23.0 Å². The summed E-state index contributed by atoms with van der Waals surface area (Å²) in [5, 5.41) is 12.2. The number of phenols is 1. The first-order chi connectivity index (χ1) is 8.59. The fourth-order valence-electron chi connectivity index (χ4n) is 1.48. The molecule has 2 N–H and O–H groups in total. The Hall–Kier alpha value is -2.07. The van der Waals surface area contributed by atoms with Gasteiger partial charge in [-0.05, 0) is 24.3 Å². The molecule has 0 atom stereocenters. The van der Waals surface area contributed by atoms with E-state index >= 15 is 0 Å². The number of benzene rings is 2. The second-order valence-electron chi connectivity index (χ2n) is 3.57. The highest BCUT2D eigenvalue weighted by molar-refractivity contribution is 6.33. The van der Waals surface area contributed by atoms with Gasteiger partial charge >= 0.3 is 0 Å². The number of para-hydroxylation sites is 1. The van der Waals surface area contributed by atoms with Gasteiger partial charge in [-0.2, -0.15) is 0 Å². The largest absolute Gasteiger partial charge is 0.507 e. The zero-order chi connectivity index (χ0) is 13.1. The molecule has 0 spiro atoms. The van der Waals surface area contributed by atoms with Crippen LogP contribution in [0.15, 0.2) is 42.5 Å². The van der Waals surface area contributed by atoms with Crippen molar-refractivity contribution in [2.45, 2.75) is 0 Å². The summed E-state index contributed by atoms with van der Waals surface area (Å²) in [6.07, 6.45) is 0. The maximum atomic E-state index is 13.5. The number of hydrogen-bond acceptors (Lipinski definition) is 2. The molecule has 0 saturated carbocycles. The molecule has 18 heavy (non-hydrogen) atoms. The van der Waals surface area contributed by atoms with Crippen LogP contribution in [0.25, 0.3) is 0 Å². The van der Waals surface area contributed by atoms with Crippen LogP contribution in [0.2, 0.25) is 5.02 Å². The van der Waals surface area contributed by atoms with Crippen LogP contribution >= 0.6 is 11.6 Å². The van der Waals surface area contributed by atoms with Gasteiger partial charge in [0.2, 0.25) is 0 Å². The van der Waals surface area contributed by atoms with Crippen LogP contribution in [0.4, 0.5) is 10.1 Å². The zero-order valence-corrected chi connectivity index (χ0v) is 9.91. The van der Waals surface area contributed by atoms with Crippen LogP contribution in [0.3, 0.4) is 0 Å². The molecule has 92 valence electrons. The Bertz CT molecular complexity index is 581. The van der Waals surface area contributed by atoms with Gasteiger partial charge in [0.25, 0.3) is 5.91 Å². The molecule has 0 saturated heterocycles. The van der Waals surface area contributed by atoms with Gasteiger partial charge in [-0.15, -0.1) is 0 Å². The van der Waals surface area contributed by atoms with E-state index in [2.05, 4.69) is 5.32 Å². The van der Waals surface area contributed by atoms with Crippen molar-refractivity contribution in [1.29, 1.82) is 0 Å². The average molecular weight is 266 g/mol. The second kappa shape index (κ2) is 5.06. The van der Waals surface area contributed by atoms with Crippen LogP contribution in [0.1, 0.15) is 10.4 Å². The number of aromatic hydroxyl groups is 1. The predicted octanol–water partition coefficient (Wildman–Crippen LogP) is 3.44. The highest BCUT2D eigenvalue weighted by Crippen LogP contribution is 2.24. The van der Waals surface area contributed by atoms with Crippen LogP contribution in [-0.2, 0) is 0 Å². The summed E-state index contributed by atoms with van der Waals surface area (Å²) in [4.78, 5) is 11.8. The highest BCUT2D eigenvalue weighted by Gasteiger charge is 2.17. The molecular weight excluding hydrogens is 257 g/mol. The molecule has 2 rings (SSSR count). The van der Waals surface area contributed by atoms with Crippen molar-refractivity contribution >= 4 is 23.2 Å². The normalized spacial score (nSPS) is 10.1. The van der Waals surface area contributed by atoms with Gasteiger partial charge in [0.1, 0.15) is 17.1 Å². The van der Waals surface area contributed by atoms with Gasteiger partial charge < -0.3 is 10.4 Å². The Morgan fingerprint density at radius 2 is 1.89 bits per heavy atom. The summed E-state index contributed by atoms with van der Waals surface area (Å²) >= 11 is 5.86. The average Bonchev–Trinajstić information content (AvgIpc) is 2.32. The molecule has 0 bridgehead atoms. The number of amides is 1. The lowest BCUT2D eigenvalue weighted by Crippen LogP contribution is -2.14. The van der Waals surface area contributed by atoms with Crippen molar-refractivity contribution in [3.63, 3.8) is 0 Å². The molecule has 5 heteroatoms. The molecule has 0 aliphatic carbocycles. The maximum Gasteiger partial charge on any atom is 0.262 e. The minimum atomic E-state index is -0.792. The number of phenolic OH excluding ortho intramolecular Hbond substituents is 1. The lowest BCUT2D eigenvalue weighted by atomic mass is 10.1. The van der Waals surface area contributed by atoms with Crippen molar-refractivity contribution in [1.82, 2.24) is 0 Å². The predicted molar refractivity (Wildman–Crippen MR) is 67.5 cm³/mol. The van der Waals surface area contributed by atoms with Crippen molar-refractivity contribution in [3.05, 3.63) is 58.9 Å². The van der Waals surface area contributed by atoms with E-state index in [1.165, 1.54) is 12.1 Å². The Morgan fingerprint density at radius 1 is 1.17 bits per heavy atom. The van der Waals surface area contributed by atoms with E-state index in [4.69, 9.17) is 11.6 Å². The van der Waals surface area contributed by atoms with Gasteiger partial charge in [-0.25, -0.2) is 4.39 Å². The maximum absolute atomic E-state index is 13.5. The second-order valence-corrected chi connectivity index (χ2v) is 3.98. The van der Waals surface area contributed by atoms with E-state index in [1.807, 2.05) is 0 Å². The van der Waals surface area contributed by atoms with Crippen LogP contribution in [0.5, 0.6) is 5.75 Å². The van der Waals surface area contributed by atoms with E-state index in [-0.39, 0.29) is 0 Å². The van der Waals surface area contributed by atoms with Crippen molar-refractivity contribution in [3.8, 4) is 5.75 Å². The number of anilines is 1. The molecule has 0 unspecified atom stereocenters. The summed E-state index contributed by atoms with van der Waals surface area (Å²) in [6.45, 7) is 0. The molecular formula is C13H9ClFNO2. The van der Waals surface area contributed by atoms with Crippen LogP contribution < -0.4 is 5.32 Å². The van der Waals surface area contributed by atoms with Gasteiger partial charge in [-0.1, -0.05) is 29.8 Å². The molecule has 0 heterocycles. The van der Waals surface area contributed by atoms with E-state index in [0.29, 0.717) is 10.7 Å². The number of nitrogens with one attached hydrogen (secondary N) is 1. The first-order valence-electron chi connectivity index (χ1n) is 5.13. The number of halogens is 2. The van der Waals surface area contributed by atoms with Gasteiger partial charge in [0.15, 0.2) is 0 Å². The molecule has 2 aromatic carbocycles. The summed E-state index contributed by atoms with van der Waals surface area (Å²) in [5.41, 5.74) is -0.0516. The Morgan fingerprint density at radius 3 is 2.56 bits per heavy atom. The SMILES string of the molecule is O=C(Nc1ccccc1Cl)c1c(O)cccc1F. The monoisotopic (exact) mass is 265 g/mol. The summed E-state index contributed by atoms with van der Waals surface area (Å²) < 4.78 is 13.5.